The molecule has 0 bridgehead atoms. The number of aromatic nitrogens is 2. The van der Waals surface area contributed by atoms with E-state index in [4.69, 9.17) is 4.74 Å². The van der Waals surface area contributed by atoms with Gasteiger partial charge >= 0.3 is 0 Å². The van der Waals surface area contributed by atoms with E-state index in [0.717, 1.165) is 37.2 Å². The lowest BCUT2D eigenvalue weighted by Crippen LogP contribution is -2.33. The highest BCUT2D eigenvalue weighted by Gasteiger charge is 2.16. The molecule has 1 heterocycles. The molecule has 6 heteroatoms. The van der Waals surface area contributed by atoms with Crippen molar-refractivity contribution in [2.75, 3.05) is 25.5 Å². The van der Waals surface area contributed by atoms with Crippen molar-refractivity contribution in [3.8, 4) is 5.75 Å². The van der Waals surface area contributed by atoms with Gasteiger partial charge in [-0.05, 0) is 42.7 Å². The van der Waals surface area contributed by atoms with Crippen LogP contribution in [0, 0.1) is 0 Å². The Morgan fingerprint density at radius 2 is 1.72 bits per heavy atom. The fraction of sp³-hybridized carbons (Fsp3) is 0.421. The van der Waals surface area contributed by atoms with Crippen LogP contribution < -0.4 is 10.1 Å². The number of hydrogen-bond acceptors (Lipinski definition) is 5. The number of nitrogens with one attached hydrogen (secondary N) is 1. The molecular weight excluding hydrogens is 316 g/mol. The van der Waals surface area contributed by atoms with Gasteiger partial charge in [0.1, 0.15) is 11.6 Å². The van der Waals surface area contributed by atoms with Gasteiger partial charge in [-0.3, -0.25) is 4.79 Å². The third-order valence-corrected chi connectivity index (χ3v) is 3.79. The van der Waals surface area contributed by atoms with E-state index in [2.05, 4.69) is 29.4 Å². The Balaban J connectivity index is 1.95. The van der Waals surface area contributed by atoms with Crippen LogP contribution in [0.3, 0.4) is 0 Å². The van der Waals surface area contributed by atoms with Gasteiger partial charge in [-0.25, -0.2) is 0 Å². The lowest BCUT2D eigenvalue weighted by Gasteiger charge is -2.20. The van der Waals surface area contributed by atoms with Crippen molar-refractivity contribution >= 4 is 11.7 Å². The van der Waals surface area contributed by atoms with Gasteiger partial charge in [0.15, 0.2) is 5.69 Å². The van der Waals surface area contributed by atoms with Crippen LogP contribution in [-0.2, 0) is 6.54 Å². The Morgan fingerprint density at radius 3 is 2.24 bits per heavy atom. The maximum Gasteiger partial charge on any atom is 0.274 e. The summed E-state index contributed by atoms with van der Waals surface area (Å²) < 4.78 is 5.14. The predicted octanol–water partition coefficient (Wildman–Crippen LogP) is 3.36. The van der Waals surface area contributed by atoms with E-state index >= 15 is 0 Å². The number of hydrogen-bond donors (Lipinski definition) is 1. The molecule has 0 saturated heterocycles. The molecule has 0 aliphatic heterocycles. The molecule has 25 heavy (non-hydrogen) atoms. The second kappa shape index (κ2) is 9.61. The van der Waals surface area contributed by atoms with Gasteiger partial charge in [0, 0.05) is 19.6 Å². The summed E-state index contributed by atoms with van der Waals surface area (Å²) in [7, 11) is 1.65. The van der Waals surface area contributed by atoms with Crippen LogP contribution >= 0.6 is 0 Å². The lowest BCUT2D eigenvalue weighted by molar-refractivity contribution is 0.0748. The molecule has 0 spiro atoms. The van der Waals surface area contributed by atoms with E-state index in [1.165, 1.54) is 0 Å². The van der Waals surface area contributed by atoms with Gasteiger partial charge in [0.25, 0.3) is 5.91 Å². The first-order chi connectivity index (χ1) is 12.2. The van der Waals surface area contributed by atoms with Crippen molar-refractivity contribution in [3.63, 3.8) is 0 Å². The number of carbonyl (C=O) groups is 1. The number of ether oxygens (including phenoxy) is 1. The maximum absolute atomic E-state index is 12.5. The molecule has 2 aromatic rings. The molecule has 1 aromatic heterocycles. The van der Waals surface area contributed by atoms with Crippen LogP contribution in [0.2, 0.25) is 0 Å². The molecular formula is C19H26N4O2. The van der Waals surface area contributed by atoms with E-state index in [1.54, 1.807) is 19.2 Å². The quantitative estimate of drug-likeness (QED) is 0.757. The fourth-order valence-electron chi connectivity index (χ4n) is 2.49. The van der Waals surface area contributed by atoms with E-state index in [1.807, 2.05) is 29.2 Å². The molecule has 0 fully saturated rings. The smallest absolute Gasteiger partial charge is 0.274 e. The molecule has 0 unspecified atom stereocenters. The standard InChI is InChI=1S/C19H26N4O2/c1-4-12-23(13-5-2)19(24)17-10-11-18(22-21-17)20-14-15-6-8-16(25-3)9-7-15/h6-11H,4-5,12-14H2,1-3H3,(H,20,22). The number of methoxy groups -OCH3 is 1. The molecule has 134 valence electrons. The zero-order valence-electron chi connectivity index (χ0n) is 15.2. The van der Waals surface area contributed by atoms with Crippen molar-refractivity contribution in [3.05, 3.63) is 47.7 Å². The van der Waals surface area contributed by atoms with Crippen LogP contribution in [0.4, 0.5) is 5.82 Å². The third-order valence-electron chi connectivity index (χ3n) is 3.79. The molecule has 1 aromatic carbocycles. The molecule has 0 aliphatic carbocycles. The molecule has 6 nitrogen and oxygen atoms in total. The van der Waals surface area contributed by atoms with Crippen molar-refractivity contribution < 1.29 is 9.53 Å². The van der Waals surface area contributed by atoms with Crippen LogP contribution in [0.15, 0.2) is 36.4 Å². The monoisotopic (exact) mass is 342 g/mol. The number of benzene rings is 1. The summed E-state index contributed by atoms with van der Waals surface area (Å²) in [5.74, 6) is 1.41. The maximum atomic E-state index is 12.5. The number of rotatable bonds is 9. The highest BCUT2D eigenvalue weighted by atomic mass is 16.5. The van der Waals surface area contributed by atoms with Gasteiger partial charge in [0.2, 0.25) is 0 Å². The van der Waals surface area contributed by atoms with E-state index in [9.17, 15) is 4.79 Å². The Labute approximate surface area is 149 Å². The average Bonchev–Trinajstić information content (AvgIpc) is 2.66. The fourth-order valence-corrected chi connectivity index (χ4v) is 2.49. The largest absolute Gasteiger partial charge is 0.497 e. The molecule has 1 amide bonds. The summed E-state index contributed by atoms with van der Waals surface area (Å²) in [6, 6.07) is 11.3. The first-order valence-electron chi connectivity index (χ1n) is 8.67. The third kappa shape index (κ3) is 5.45. The molecule has 0 atom stereocenters. The number of nitrogens with zero attached hydrogens (tertiary/aromatic N) is 3. The van der Waals surface area contributed by atoms with Crippen molar-refractivity contribution in [2.45, 2.75) is 33.2 Å². The van der Waals surface area contributed by atoms with Crippen LogP contribution in [-0.4, -0.2) is 41.2 Å². The second-order valence-corrected chi connectivity index (χ2v) is 5.80. The summed E-state index contributed by atoms with van der Waals surface area (Å²) in [6.45, 7) is 6.24. The minimum absolute atomic E-state index is 0.0575. The van der Waals surface area contributed by atoms with E-state index in [-0.39, 0.29) is 5.91 Å². The molecule has 1 N–H and O–H groups in total. The van der Waals surface area contributed by atoms with Gasteiger partial charge < -0.3 is 15.0 Å². The minimum Gasteiger partial charge on any atom is -0.497 e. The van der Waals surface area contributed by atoms with Gasteiger partial charge in [-0.1, -0.05) is 26.0 Å². The van der Waals surface area contributed by atoms with Crippen molar-refractivity contribution in [1.29, 1.82) is 0 Å². The number of anilines is 1. The zero-order valence-corrected chi connectivity index (χ0v) is 15.2. The van der Waals surface area contributed by atoms with Gasteiger partial charge in [-0.15, -0.1) is 10.2 Å². The van der Waals surface area contributed by atoms with Crippen molar-refractivity contribution in [1.82, 2.24) is 15.1 Å². The normalized spacial score (nSPS) is 10.4. The first kappa shape index (κ1) is 18.7. The minimum atomic E-state index is -0.0575. The average molecular weight is 342 g/mol. The van der Waals surface area contributed by atoms with Gasteiger partial charge in [0.05, 0.1) is 7.11 Å². The molecule has 0 radical (unpaired) electrons. The molecule has 2 rings (SSSR count). The topological polar surface area (TPSA) is 67.4 Å². The van der Waals surface area contributed by atoms with Crippen LogP contribution in [0.5, 0.6) is 5.75 Å². The number of amides is 1. The summed E-state index contributed by atoms with van der Waals surface area (Å²) in [5, 5.41) is 11.4. The highest BCUT2D eigenvalue weighted by molar-refractivity contribution is 5.92. The Kier molecular flexibility index (Phi) is 7.19. The summed E-state index contributed by atoms with van der Waals surface area (Å²) >= 11 is 0. The summed E-state index contributed by atoms with van der Waals surface area (Å²) in [6.07, 6.45) is 1.86. The zero-order chi connectivity index (χ0) is 18.1. The first-order valence-corrected chi connectivity index (χ1v) is 8.67. The molecule has 0 aliphatic rings. The molecule has 0 saturated carbocycles. The lowest BCUT2D eigenvalue weighted by atomic mass is 10.2. The van der Waals surface area contributed by atoms with E-state index in [0.29, 0.717) is 18.1 Å². The number of carbonyl (C=O) groups excluding carboxylic acids is 1. The van der Waals surface area contributed by atoms with Crippen molar-refractivity contribution in [2.24, 2.45) is 0 Å². The summed E-state index contributed by atoms with van der Waals surface area (Å²) in [5.41, 5.74) is 1.50. The van der Waals surface area contributed by atoms with Gasteiger partial charge in [-0.2, -0.15) is 0 Å². The van der Waals surface area contributed by atoms with Crippen LogP contribution in [0.25, 0.3) is 0 Å². The summed E-state index contributed by atoms with van der Waals surface area (Å²) in [4.78, 5) is 14.3. The Bertz CT molecular complexity index is 650. The Hall–Kier alpha value is -2.63. The predicted molar refractivity (Wildman–Crippen MR) is 98.8 cm³/mol. The van der Waals surface area contributed by atoms with E-state index < -0.39 is 0 Å². The SMILES string of the molecule is CCCN(CCC)C(=O)c1ccc(NCc2ccc(OC)cc2)nn1. The Morgan fingerprint density at radius 1 is 1.04 bits per heavy atom. The van der Waals surface area contributed by atoms with Crippen LogP contribution in [0.1, 0.15) is 42.7 Å². The highest BCUT2D eigenvalue weighted by Crippen LogP contribution is 2.13. The second-order valence-electron chi connectivity index (χ2n) is 5.80.